The highest BCUT2D eigenvalue weighted by molar-refractivity contribution is 5.87. The fourth-order valence-electron chi connectivity index (χ4n) is 0.854. The van der Waals surface area contributed by atoms with Gasteiger partial charge in [-0.2, -0.15) is 0 Å². The molecule has 82 valence electrons. The van der Waals surface area contributed by atoms with Crippen molar-refractivity contribution in [1.82, 2.24) is 0 Å². The summed E-state index contributed by atoms with van der Waals surface area (Å²) < 4.78 is 9.82. The van der Waals surface area contributed by atoms with E-state index in [2.05, 4.69) is 0 Å². The Bertz CT molecular complexity index is 187. The molecule has 1 N–H and O–H groups in total. The maximum Gasteiger partial charge on any atom is 0.333 e. The predicted molar refractivity (Wildman–Crippen MR) is 52.9 cm³/mol. The summed E-state index contributed by atoms with van der Waals surface area (Å²) in [7, 11) is 0. The predicted octanol–water partition coefficient (Wildman–Crippen LogP) is 0.895. The summed E-state index contributed by atoms with van der Waals surface area (Å²) in [5, 5.41) is 8.42. The highest BCUT2D eigenvalue weighted by Crippen LogP contribution is 1.98. The van der Waals surface area contributed by atoms with Gasteiger partial charge in [-0.25, -0.2) is 4.79 Å². The number of aliphatic hydroxyl groups excluding tert-OH is 1. The Labute approximate surface area is 84.5 Å². The molecule has 0 spiro atoms. The number of carbonyl (C=O) groups is 1. The van der Waals surface area contributed by atoms with E-state index in [1.54, 1.807) is 19.9 Å². The minimum absolute atomic E-state index is 0.0283. The fraction of sp³-hybridized carbons (Fsp3) is 0.700. The Balaban J connectivity index is 3.60. The molecule has 0 aromatic carbocycles. The molecule has 0 amide bonds. The van der Waals surface area contributed by atoms with Crippen LogP contribution in [-0.4, -0.2) is 37.5 Å². The van der Waals surface area contributed by atoms with E-state index in [1.165, 1.54) is 0 Å². The van der Waals surface area contributed by atoms with Gasteiger partial charge in [0.15, 0.2) is 0 Å². The first kappa shape index (κ1) is 13.1. The number of aliphatic hydroxyl groups is 1. The third kappa shape index (κ3) is 6.62. The monoisotopic (exact) mass is 202 g/mol. The van der Waals surface area contributed by atoms with Crippen LogP contribution in [0.3, 0.4) is 0 Å². The van der Waals surface area contributed by atoms with Crippen LogP contribution in [0.15, 0.2) is 11.6 Å². The number of ether oxygens (including phenoxy) is 2. The molecule has 4 heteroatoms. The first-order chi connectivity index (χ1) is 6.72. The van der Waals surface area contributed by atoms with E-state index in [-0.39, 0.29) is 12.6 Å². The van der Waals surface area contributed by atoms with Crippen LogP contribution < -0.4 is 0 Å². The molecule has 0 aliphatic rings. The van der Waals surface area contributed by atoms with Crippen LogP contribution >= 0.6 is 0 Å². The number of esters is 1. The summed E-state index contributed by atoms with van der Waals surface area (Å²) in [6, 6.07) is 0. The molecule has 0 aromatic heterocycles. The molecule has 0 aromatic rings. The first-order valence-corrected chi connectivity index (χ1v) is 4.74. The molecule has 14 heavy (non-hydrogen) atoms. The minimum atomic E-state index is -0.283. The van der Waals surface area contributed by atoms with E-state index < -0.39 is 0 Å². The Hall–Kier alpha value is -0.870. The standard InChI is InChI=1S/C10H18O4/c1-3-14-10(12)9(2)5-4-7-13-8-6-11/h5,11H,3-4,6-8H2,1-2H3. The minimum Gasteiger partial charge on any atom is -0.463 e. The molecule has 0 heterocycles. The van der Waals surface area contributed by atoms with E-state index >= 15 is 0 Å². The van der Waals surface area contributed by atoms with E-state index in [9.17, 15) is 4.79 Å². The molecule has 0 radical (unpaired) electrons. The number of hydrogen-bond acceptors (Lipinski definition) is 4. The molecule has 0 fully saturated rings. The highest BCUT2D eigenvalue weighted by Gasteiger charge is 2.02. The lowest BCUT2D eigenvalue weighted by Gasteiger charge is -2.02. The summed E-state index contributed by atoms with van der Waals surface area (Å²) in [5.74, 6) is -0.283. The van der Waals surface area contributed by atoms with Gasteiger partial charge in [0.1, 0.15) is 0 Å². The third-order valence-corrected chi connectivity index (χ3v) is 1.55. The SMILES string of the molecule is CCOC(=O)C(C)=CCCOCCO. The summed E-state index contributed by atoms with van der Waals surface area (Å²) in [4.78, 5) is 11.1. The molecular weight excluding hydrogens is 184 g/mol. The van der Waals surface area contributed by atoms with Crippen LogP contribution in [0, 0.1) is 0 Å². The molecule has 0 aliphatic carbocycles. The van der Waals surface area contributed by atoms with Gasteiger partial charge in [0.25, 0.3) is 0 Å². The Kier molecular flexibility index (Phi) is 8.17. The first-order valence-electron chi connectivity index (χ1n) is 4.74. The van der Waals surface area contributed by atoms with Gasteiger partial charge in [-0.3, -0.25) is 0 Å². The zero-order chi connectivity index (χ0) is 10.8. The zero-order valence-electron chi connectivity index (χ0n) is 8.78. The lowest BCUT2D eigenvalue weighted by atomic mass is 10.2. The molecule has 0 saturated heterocycles. The number of carbonyl (C=O) groups excluding carboxylic acids is 1. The van der Waals surface area contributed by atoms with Gasteiger partial charge in [-0.05, 0) is 20.3 Å². The Morgan fingerprint density at radius 3 is 2.71 bits per heavy atom. The van der Waals surface area contributed by atoms with Gasteiger partial charge in [-0.15, -0.1) is 0 Å². The number of rotatable bonds is 7. The van der Waals surface area contributed by atoms with Crippen LogP contribution in [0.2, 0.25) is 0 Å². The molecule has 0 unspecified atom stereocenters. The van der Waals surface area contributed by atoms with Crippen LogP contribution in [-0.2, 0) is 14.3 Å². The maximum atomic E-state index is 11.1. The van der Waals surface area contributed by atoms with Crippen molar-refractivity contribution in [3.63, 3.8) is 0 Å². The summed E-state index contributed by atoms with van der Waals surface area (Å²) >= 11 is 0. The van der Waals surface area contributed by atoms with Gasteiger partial charge >= 0.3 is 5.97 Å². The van der Waals surface area contributed by atoms with E-state index in [0.29, 0.717) is 31.8 Å². The summed E-state index contributed by atoms with van der Waals surface area (Å²) in [5.41, 5.74) is 0.597. The molecule has 4 nitrogen and oxygen atoms in total. The van der Waals surface area contributed by atoms with Crippen molar-refractivity contribution in [2.75, 3.05) is 26.4 Å². The second kappa shape index (κ2) is 8.72. The molecule has 0 bridgehead atoms. The summed E-state index contributed by atoms with van der Waals surface area (Å²) in [6.45, 7) is 4.76. The van der Waals surface area contributed by atoms with Crippen LogP contribution in [0.4, 0.5) is 0 Å². The average Bonchev–Trinajstić information content (AvgIpc) is 2.17. The van der Waals surface area contributed by atoms with Crippen molar-refractivity contribution < 1.29 is 19.4 Å². The van der Waals surface area contributed by atoms with Gasteiger partial charge in [0.05, 0.1) is 26.4 Å². The summed E-state index contributed by atoms with van der Waals surface area (Å²) in [6.07, 6.45) is 2.43. The van der Waals surface area contributed by atoms with Crippen molar-refractivity contribution in [3.8, 4) is 0 Å². The van der Waals surface area contributed by atoms with Crippen molar-refractivity contribution in [2.45, 2.75) is 20.3 Å². The topological polar surface area (TPSA) is 55.8 Å². The molecular formula is C10H18O4. The lowest BCUT2D eigenvalue weighted by Crippen LogP contribution is -2.05. The lowest BCUT2D eigenvalue weighted by molar-refractivity contribution is -0.138. The highest BCUT2D eigenvalue weighted by atomic mass is 16.5. The van der Waals surface area contributed by atoms with Gasteiger partial charge < -0.3 is 14.6 Å². The van der Waals surface area contributed by atoms with Crippen LogP contribution in [0.5, 0.6) is 0 Å². The van der Waals surface area contributed by atoms with Crippen molar-refractivity contribution in [1.29, 1.82) is 0 Å². The largest absolute Gasteiger partial charge is 0.463 e. The quantitative estimate of drug-likeness (QED) is 0.378. The van der Waals surface area contributed by atoms with Crippen LogP contribution in [0.25, 0.3) is 0 Å². The normalized spacial score (nSPS) is 11.5. The van der Waals surface area contributed by atoms with Gasteiger partial charge in [0.2, 0.25) is 0 Å². The van der Waals surface area contributed by atoms with Crippen molar-refractivity contribution >= 4 is 5.97 Å². The second-order valence-corrected chi connectivity index (χ2v) is 2.73. The fourth-order valence-corrected chi connectivity index (χ4v) is 0.854. The third-order valence-electron chi connectivity index (χ3n) is 1.55. The Morgan fingerprint density at radius 1 is 1.43 bits per heavy atom. The van der Waals surface area contributed by atoms with Gasteiger partial charge in [0, 0.05) is 5.57 Å². The zero-order valence-corrected chi connectivity index (χ0v) is 8.78. The van der Waals surface area contributed by atoms with E-state index in [0.717, 1.165) is 0 Å². The maximum absolute atomic E-state index is 11.1. The number of hydrogen-bond donors (Lipinski definition) is 1. The van der Waals surface area contributed by atoms with Crippen molar-refractivity contribution in [3.05, 3.63) is 11.6 Å². The molecule has 0 atom stereocenters. The average molecular weight is 202 g/mol. The van der Waals surface area contributed by atoms with Crippen molar-refractivity contribution in [2.24, 2.45) is 0 Å². The molecule has 0 aliphatic heterocycles. The van der Waals surface area contributed by atoms with E-state index in [1.807, 2.05) is 0 Å². The van der Waals surface area contributed by atoms with Gasteiger partial charge in [-0.1, -0.05) is 6.08 Å². The smallest absolute Gasteiger partial charge is 0.333 e. The van der Waals surface area contributed by atoms with E-state index in [4.69, 9.17) is 14.6 Å². The second-order valence-electron chi connectivity index (χ2n) is 2.73. The molecule has 0 rings (SSSR count). The Morgan fingerprint density at radius 2 is 2.14 bits per heavy atom. The molecule has 0 saturated carbocycles. The van der Waals surface area contributed by atoms with Crippen LogP contribution in [0.1, 0.15) is 20.3 Å².